The van der Waals surface area contributed by atoms with Gasteiger partial charge in [0.25, 0.3) is 5.91 Å². The lowest BCUT2D eigenvalue weighted by atomic mass is 10.4. The normalized spacial score (nSPS) is 10.1. The molecule has 2 aromatic rings. The van der Waals surface area contributed by atoms with Crippen molar-refractivity contribution in [1.29, 1.82) is 0 Å². The second-order valence-electron chi connectivity index (χ2n) is 3.33. The zero-order valence-corrected chi connectivity index (χ0v) is 9.73. The molecule has 82 valence electrons. The molecule has 0 bridgehead atoms. The number of aromatic nitrogens is 3. The summed E-state index contributed by atoms with van der Waals surface area (Å²) in [7, 11) is 3.40. The van der Waals surface area contributed by atoms with Gasteiger partial charge in [0, 0.05) is 31.9 Å². The molecule has 0 saturated heterocycles. The Kier molecular flexibility index (Phi) is 2.91. The van der Waals surface area contributed by atoms with Crippen LogP contribution in [0.3, 0.4) is 0 Å². The molecule has 1 amide bonds. The third-order valence-corrected chi connectivity index (χ3v) is 2.78. The van der Waals surface area contributed by atoms with Gasteiger partial charge >= 0.3 is 0 Å². The fraction of sp³-hybridized carbons (Fsp3) is 0.200. The highest BCUT2D eigenvalue weighted by Gasteiger charge is 2.13. The molecule has 0 unspecified atom stereocenters. The first-order chi connectivity index (χ1) is 7.68. The second-order valence-corrected chi connectivity index (χ2v) is 4.19. The van der Waals surface area contributed by atoms with Crippen molar-refractivity contribution in [3.8, 4) is 10.7 Å². The number of carbonyl (C=O) groups is 1. The molecule has 0 radical (unpaired) electrons. The van der Waals surface area contributed by atoms with E-state index < -0.39 is 0 Å². The predicted octanol–water partition coefficient (Wildman–Crippen LogP) is 1.30. The molecular formula is C10H10N4OS. The molecule has 0 atom stereocenters. The van der Waals surface area contributed by atoms with Crippen LogP contribution >= 0.6 is 11.3 Å². The van der Waals surface area contributed by atoms with Gasteiger partial charge in [-0.3, -0.25) is 14.8 Å². The zero-order valence-electron chi connectivity index (χ0n) is 8.91. The van der Waals surface area contributed by atoms with E-state index in [1.165, 1.54) is 16.2 Å². The average Bonchev–Trinajstić information content (AvgIpc) is 2.78. The van der Waals surface area contributed by atoms with Gasteiger partial charge in [0.15, 0.2) is 0 Å². The molecule has 0 aliphatic rings. The fourth-order valence-electron chi connectivity index (χ4n) is 1.13. The quantitative estimate of drug-likeness (QED) is 0.786. The van der Waals surface area contributed by atoms with Gasteiger partial charge in [-0.2, -0.15) is 0 Å². The highest BCUT2D eigenvalue weighted by molar-refractivity contribution is 7.13. The van der Waals surface area contributed by atoms with Gasteiger partial charge in [-0.15, -0.1) is 11.3 Å². The fourth-order valence-corrected chi connectivity index (χ4v) is 1.88. The topological polar surface area (TPSA) is 59.0 Å². The maximum absolute atomic E-state index is 11.6. The van der Waals surface area contributed by atoms with Crippen molar-refractivity contribution < 1.29 is 4.79 Å². The molecule has 5 nitrogen and oxygen atoms in total. The third-order valence-electron chi connectivity index (χ3n) is 1.91. The Bertz CT molecular complexity index is 495. The van der Waals surface area contributed by atoms with E-state index in [0.29, 0.717) is 16.4 Å². The summed E-state index contributed by atoms with van der Waals surface area (Å²) in [5.74, 6) is -0.105. The first-order valence-electron chi connectivity index (χ1n) is 4.62. The van der Waals surface area contributed by atoms with Crippen LogP contribution in [-0.2, 0) is 0 Å². The van der Waals surface area contributed by atoms with Crippen molar-refractivity contribution in [1.82, 2.24) is 19.9 Å². The first-order valence-corrected chi connectivity index (χ1v) is 5.50. The Hall–Kier alpha value is -1.82. The molecule has 2 rings (SSSR count). The van der Waals surface area contributed by atoms with Crippen LogP contribution in [0.2, 0.25) is 0 Å². The number of hydrogen-bond donors (Lipinski definition) is 0. The minimum atomic E-state index is -0.105. The molecule has 6 heteroatoms. The van der Waals surface area contributed by atoms with Gasteiger partial charge in [-0.05, 0) is 0 Å². The molecular weight excluding hydrogens is 224 g/mol. The van der Waals surface area contributed by atoms with Crippen molar-refractivity contribution in [2.75, 3.05) is 14.1 Å². The van der Waals surface area contributed by atoms with E-state index in [2.05, 4.69) is 15.0 Å². The number of nitrogens with zero attached hydrogens (tertiary/aromatic N) is 4. The number of amides is 1. The Morgan fingerprint density at radius 3 is 2.81 bits per heavy atom. The van der Waals surface area contributed by atoms with Crippen molar-refractivity contribution in [3.63, 3.8) is 0 Å². The lowest BCUT2D eigenvalue weighted by molar-refractivity contribution is 0.0823. The molecule has 0 aliphatic carbocycles. The maximum atomic E-state index is 11.6. The number of carbonyl (C=O) groups excluding carboxylic acids is 1. The van der Waals surface area contributed by atoms with Crippen LogP contribution in [0.1, 0.15) is 10.5 Å². The molecule has 16 heavy (non-hydrogen) atoms. The van der Waals surface area contributed by atoms with Gasteiger partial charge in [0.05, 0.1) is 6.20 Å². The van der Waals surface area contributed by atoms with E-state index in [4.69, 9.17) is 0 Å². The number of rotatable bonds is 2. The average molecular weight is 234 g/mol. The summed E-state index contributed by atoms with van der Waals surface area (Å²) in [4.78, 5) is 25.4. The lowest BCUT2D eigenvalue weighted by Crippen LogP contribution is -2.21. The number of thiazole rings is 1. The van der Waals surface area contributed by atoms with Crippen molar-refractivity contribution >= 4 is 17.2 Å². The molecule has 0 aromatic carbocycles. The van der Waals surface area contributed by atoms with Crippen molar-refractivity contribution in [2.24, 2.45) is 0 Å². The standard InChI is InChI=1S/C10H10N4OS/c1-14(2)10(15)8-6-16-9(13-8)7-5-11-3-4-12-7/h3-6H,1-2H3. The lowest BCUT2D eigenvalue weighted by Gasteiger charge is -2.06. The van der Waals surface area contributed by atoms with Crippen molar-refractivity contribution in [2.45, 2.75) is 0 Å². The largest absolute Gasteiger partial charge is 0.343 e. The van der Waals surface area contributed by atoms with Gasteiger partial charge in [0.1, 0.15) is 16.4 Å². The first kappa shape index (κ1) is 10.7. The molecule has 0 spiro atoms. The Balaban J connectivity index is 2.30. The summed E-state index contributed by atoms with van der Waals surface area (Å²) in [5, 5.41) is 2.44. The highest BCUT2D eigenvalue weighted by Crippen LogP contribution is 2.20. The predicted molar refractivity (Wildman–Crippen MR) is 61.2 cm³/mol. The summed E-state index contributed by atoms with van der Waals surface area (Å²) in [5.41, 5.74) is 1.13. The minimum absolute atomic E-state index is 0.105. The van der Waals surface area contributed by atoms with Crippen LogP contribution in [0.5, 0.6) is 0 Å². The van der Waals surface area contributed by atoms with E-state index in [9.17, 15) is 4.79 Å². The summed E-state index contributed by atoms with van der Waals surface area (Å²) >= 11 is 1.39. The van der Waals surface area contributed by atoms with E-state index in [1.54, 1.807) is 38.1 Å². The number of hydrogen-bond acceptors (Lipinski definition) is 5. The van der Waals surface area contributed by atoms with Crippen LogP contribution in [0.4, 0.5) is 0 Å². The molecule has 2 aromatic heterocycles. The molecule has 0 N–H and O–H groups in total. The van der Waals surface area contributed by atoms with Gasteiger partial charge < -0.3 is 4.90 Å². The molecule has 2 heterocycles. The maximum Gasteiger partial charge on any atom is 0.272 e. The van der Waals surface area contributed by atoms with Gasteiger partial charge in [0.2, 0.25) is 0 Å². The molecule has 0 fully saturated rings. The van der Waals surface area contributed by atoms with Gasteiger partial charge in [-0.25, -0.2) is 4.98 Å². The third kappa shape index (κ3) is 2.06. The van der Waals surface area contributed by atoms with Crippen LogP contribution in [0, 0.1) is 0 Å². The minimum Gasteiger partial charge on any atom is -0.343 e. The van der Waals surface area contributed by atoms with E-state index >= 15 is 0 Å². The Morgan fingerprint density at radius 2 is 2.19 bits per heavy atom. The van der Waals surface area contributed by atoms with Crippen molar-refractivity contribution in [3.05, 3.63) is 29.7 Å². The monoisotopic (exact) mass is 234 g/mol. The molecule has 0 saturated carbocycles. The summed E-state index contributed by atoms with van der Waals surface area (Å²) in [6.07, 6.45) is 4.83. The van der Waals surface area contributed by atoms with E-state index in [1.807, 2.05) is 0 Å². The zero-order chi connectivity index (χ0) is 11.5. The van der Waals surface area contributed by atoms with Gasteiger partial charge in [-0.1, -0.05) is 0 Å². The SMILES string of the molecule is CN(C)C(=O)c1csc(-c2cnccn2)n1. The van der Waals surface area contributed by atoms with Crippen LogP contribution in [0.15, 0.2) is 24.0 Å². The summed E-state index contributed by atoms with van der Waals surface area (Å²) in [6.45, 7) is 0. The molecule has 0 aliphatic heterocycles. The Labute approximate surface area is 96.8 Å². The highest BCUT2D eigenvalue weighted by atomic mass is 32.1. The smallest absolute Gasteiger partial charge is 0.272 e. The van der Waals surface area contributed by atoms with E-state index in [-0.39, 0.29) is 5.91 Å². The van der Waals surface area contributed by atoms with E-state index in [0.717, 1.165) is 0 Å². The Morgan fingerprint density at radius 1 is 1.38 bits per heavy atom. The van der Waals surface area contributed by atoms with Crippen LogP contribution in [0.25, 0.3) is 10.7 Å². The van der Waals surface area contributed by atoms with Crippen LogP contribution in [-0.4, -0.2) is 39.9 Å². The van der Waals surface area contributed by atoms with Crippen LogP contribution < -0.4 is 0 Å². The second kappa shape index (κ2) is 4.36. The summed E-state index contributed by atoms with van der Waals surface area (Å²) in [6, 6.07) is 0. The summed E-state index contributed by atoms with van der Waals surface area (Å²) < 4.78 is 0.